The first-order chi connectivity index (χ1) is 12.1. The first-order valence-corrected chi connectivity index (χ1v) is 10.0. The van der Waals surface area contributed by atoms with Crippen molar-refractivity contribution in [3.05, 3.63) is 52.2 Å². The average molecular weight is 374 g/mol. The van der Waals surface area contributed by atoms with Crippen LogP contribution in [0.1, 0.15) is 21.5 Å². The van der Waals surface area contributed by atoms with Crippen molar-refractivity contribution in [3.8, 4) is 5.88 Å². The molecule has 130 valence electrons. The summed E-state index contributed by atoms with van der Waals surface area (Å²) in [6.07, 6.45) is 5.58. The normalized spacial score (nSPS) is 15.6. The van der Waals surface area contributed by atoms with Crippen LogP contribution in [0.25, 0.3) is 6.08 Å². The van der Waals surface area contributed by atoms with Crippen LogP contribution in [0.15, 0.2) is 40.6 Å². The Hall–Kier alpha value is -1.99. The summed E-state index contributed by atoms with van der Waals surface area (Å²) in [5.74, 6) is 1.41. The molecule has 5 nitrogen and oxygen atoms in total. The maximum atomic E-state index is 12.9. The van der Waals surface area contributed by atoms with Crippen molar-refractivity contribution in [2.75, 3.05) is 25.7 Å². The van der Waals surface area contributed by atoms with E-state index in [-0.39, 0.29) is 5.91 Å². The van der Waals surface area contributed by atoms with Gasteiger partial charge in [0.05, 0.1) is 17.7 Å². The molecule has 2 heterocycles. The lowest BCUT2D eigenvalue weighted by Crippen LogP contribution is -2.27. The number of methoxy groups -OCH3 is 1. The topological polar surface area (TPSA) is 55.3 Å². The van der Waals surface area contributed by atoms with E-state index in [2.05, 4.69) is 9.97 Å². The number of benzene rings is 1. The molecule has 25 heavy (non-hydrogen) atoms. The number of nitrogens with zero attached hydrogens (tertiary/aromatic N) is 3. The first kappa shape index (κ1) is 17.8. The molecule has 0 saturated carbocycles. The van der Waals surface area contributed by atoms with E-state index in [1.165, 1.54) is 11.8 Å². The Morgan fingerprint density at radius 1 is 1.40 bits per heavy atom. The van der Waals surface area contributed by atoms with Gasteiger partial charge in [-0.3, -0.25) is 4.79 Å². The molecular formula is C18H19N3O2S2. The van der Waals surface area contributed by atoms with Crippen molar-refractivity contribution in [2.24, 2.45) is 0 Å². The molecule has 1 amide bonds. The Morgan fingerprint density at radius 3 is 2.92 bits per heavy atom. The van der Waals surface area contributed by atoms with Gasteiger partial charge in [0.2, 0.25) is 5.88 Å². The van der Waals surface area contributed by atoms with Crippen LogP contribution in [0.4, 0.5) is 0 Å². The number of hydrogen-bond acceptors (Lipinski definition) is 6. The number of thioether (sulfide) groups is 2. The molecule has 3 rings (SSSR count). The highest BCUT2D eigenvalue weighted by molar-refractivity contribution is 8.03. The Kier molecular flexibility index (Phi) is 5.65. The molecule has 1 aromatic heterocycles. The second-order valence-electron chi connectivity index (χ2n) is 5.42. The first-order valence-electron chi connectivity index (χ1n) is 7.81. The molecular weight excluding hydrogens is 354 g/mol. The highest BCUT2D eigenvalue weighted by Crippen LogP contribution is 2.33. The molecule has 0 unspecified atom stereocenters. The molecule has 1 aliphatic rings. The molecule has 0 atom stereocenters. The lowest BCUT2D eigenvalue weighted by molar-refractivity contribution is 0.0830. The summed E-state index contributed by atoms with van der Waals surface area (Å²) in [7, 11) is 1.59. The summed E-state index contributed by atoms with van der Waals surface area (Å²) in [4.78, 5) is 23.4. The molecule has 0 spiro atoms. The lowest BCUT2D eigenvalue weighted by atomic mass is 10.1. The van der Waals surface area contributed by atoms with Crippen molar-refractivity contribution < 1.29 is 9.53 Å². The summed E-state index contributed by atoms with van der Waals surface area (Å²) in [6, 6.07) is 7.66. The van der Waals surface area contributed by atoms with Crippen LogP contribution in [0, 0.1) is 6.92 Å². The average Bonchev–Trinajstić information content (AvgIpc) is 3.10. The van der Waals surface area contributed by atoms with Crippen LogP contribution >= 0.6 is 23.5 Å². The summed E-state index contributed by atoms with van der Waals surface area (Å²) in [6.45, 7) is 2.65. The Morgan fingerprint density at radius 2 is 2.20 bits per heavy atom. The second-order valence-corrected chi connectivity index (χ2v) is 7.31. The molecule has 1 saturated heterocycles. The summed E-state index contributed by atoms with van der Waals surface area (Å²) in [5.41, 5.74) is 2.48. The number of carbonyl (C=O) groups is 1. The maximum absolute atomic E-state index is 12.9. The maximum Gasteiger partial charge on any atom is 0.258 e. The minimum atomic E-state index is 0.0231. The highest BCUT2D eigenvalue weighted by Gasteiger charge is 2.26. The lowest BCUT2D eigenvalue weighted by Gasteiger charge is -2.18. The number of aryl methyl sites for hydroxylation is 1. The van der Waals surface area contributed by atoms with Gasteiger partial charge in [0, 0.05) is 24.1 Å². The molecule has 2 aromatic rings. The summed E-state index contributed by atoms with van der Waals surface area (Å²) in [5, 5.41) is 1.55. The van der Waals surface area contributed by atoms with E-state index >= 15 is 0 Å². The molecule has 1 fully saturated rings. The van der Waals surface area contributed by atoms with Crippen LogP contribution in [0.2, 0.25) is 0 Å². The number of amides is 1. The van der Waals surface area contributed by atoms with E-state index in [0.29, 0.717) is 17.6 Å². The van der Waals surface area contributed by atoms with Crippen molar-refractivity contribution in [1.82, 2.24) is 14.9 Å². The van der Waals surface area contributed by atoms with Gasteiger partial charge < -0.3 is 9.64 Å². The van der Waals surface area contributed by atoms with Gasteiger partial charge in [-0.05, 0) is 30.9 Å². The number of aromatic nitrogens is 2. The third kappa shape index (κ3) is 3.82. The molecule has 0 radical (unpaired) electrons. The third-order valence-corrected chi connectivity index (χ3v) is 5.45. The van der Waals surface area contributed by atoms with Gasteiger partial charge in [0.25, 0.3) is 5.91 Å². The predicted molar refractivity (Wildman–Crippen MR) is 103 cm³/mol. The fraction of sp³-hybridized carbons (Fsp3) is 0.278. The Balaban J connectivity index is 1.93. The van der Waals surface area contributed by atoms with E-state index < -0.39 is 0 Å². The van der Waals surface area contributed by atoms with Gasteiger partial charge in [-0.25, -0.2) is 4.98 Å². The fourth-order valence-electron chi connectivity index (χ4n) is 2.56. The number of hydrogen-bond donors (Lipinski definition) is 0. The van der Waals surface area contributed by atoms with E-state index in [9.17, 15) is 4.79 Å². The van der Waals surface area contributed by atoms with E-state index in [1.807, 2.05) is 48.4 Å². The van der Waals surface area contributed by atoms with Crippen molar-refractivity contribution >= 4 is 35.5 Å². The largest absolute Gasteiger partial charge is 0.480 e. The van der Waals surface area contributed by atoms with Crippen molar-refractivity contribution in [2.45, 2.75) is 12.1 Å². The van der Waals surface area contributed by atoms with E-state index in [1.54, 1.807) is 25.1 Å². The smallest absolute Gasteiger partial charge is 0.258 e. The second kappa shape index (κ2) is 7.93. The zero-order valence-corrected chi connectivity index (χ0v) is 16.0. The van der Waals surface area contributed by atoms with Gasteiger partial charge >= 0.3 is 0 Å². The minimum Gasteiger partial charge on any atom is -0.480 e. The standard InChI is InChI=1S/C18H19N3O2S2/c1-12-6-4-5-7-14(12)17(22)21-8-9-25-15(21)10-13-11-19-18(24-3)20-16(13)23-2/h4-7,10-11H,8-9H2,1-3H3/b15-10+. The molecule has 7 heteroatoms. The number of rotatable bonds is 4. The molecule has 1 aromatic carbocycles. The van der Waals surface area contributed by atoms with E-state index in [4.69, 9.17) is 4.74 Å². The van der Waals surface area contributed by atoms with Crippen LogP contribution in [0.5, 0.6) is 5.88 Å². The van der Waals surface area contributed by atoms with Crippen molar-refractivity contribution in [1.29, 1.82) is 0 Å². The number of ether oxygens (including phenoxy) is 1. The highest BCUT2D eigenvalue weighted by atomic mass is 32.2. The van der Waals surface area contributed by atoms with Crippen LogP contribution in [-0.4, -0.2) is 46.4 Å². The van der Waals surface area contributed by atoms with Gasteiger partial charge in [-0.1, -0.05) is 30.0 Å². The van der Waals surface area contributed by atoms with Gasteiger partial charge in [0.15, 0.2) is 5.16 Å². The van der Waals surface area contributed by atoms with Gasteiger partial charge in [-0.2, -0.15) is 4.98 Å². The molecule has 0 bridgehead atoms. The quantitative estimate of drug-likeness (QED) is 0.602. The summed E-state index contributed by atoms with van der Waals surface area (Å²) >= 11 is 3.11. The molecule has 1 aliphatic heterocycles. The third-order valence-electron chi connectivity index (χ3n) is 3.86. The minimum absolute atomic E-state index is 0.0231. The van der Waals surface area contributed by atoms with Crippen LogP contribution in [-0.2, 0) is 0 Å². The van der Waals surface area contributed by atoms with Gasteiger partial charge in [-0.15, -0.1) is 11.8 Å². The van der Waals surface area contributed by atoms with Gasteiger partial charge in [0.1, 0.15) is 0 Å². The van der Waals surface area contributed by atoms with Crippen LogP contribution < -0.4 is 4.74 Å². The molecule has 0 N–H and O–H groups in total. The number of carbonyl (C=O) groups excluding carboxylic acids is 1. The SMILES string of the molecule is COc1nc(SC)ncc1/C=C1/SCCN1C(=O)c1ccccc1C. The van der Waals surface area contributed by atoms with Crippen molar-refractivity contribution in [3.63, 3.8) is 0 Å². The Bertz CT molecular complexity index is 824. The summed E-state index contributed by atoms with van der Waals surface area (Å²) < 4.78 is 5.38. The zero-order chi connectivity index (χ0) is 17.8. The van der Waals surface area contributed by atoms with Crippen LogP contribution in [0.3, 0.4) is 0 Å². The monoisotopic (exact) mass is 373 g/mol. The zero-order valence-electron chi connectivity index (χ0n) is 14.4. The Labute approximate surface area is 155 Å². The predicted octanol–water partition coefficient (Wildman–Crippen LogP) is 3.70. The van der Waals surface area contributed by atoms with E-state index in [0.717, 1.165) is 27.5 Å². The fourth-order valence-corrected chi connectivity index (χ4v) is 3.92. The molecule has 0 aliphatic carbocycles.